The summed E-state index contributed by atoms with van der Waals surface area (Å²) in [4.78, 5) is 13.6. The van der Waals surface area contributed by atoms with Gasteiger partial charge < -0.3 is 4.90 Å². The Morgan fingerprint density at radius 3 is 2.43 bits per heavy atom. The van der Waals surface area contributed by atoms with Gasteiger partial charge in [-0.15, -0.1) is 6.58 Å². The number of amides is 1. The van der Waals surface area contributed by atoms with Gasteiger partial charge in [0.2, 0.25) is 10.0 Å². The van der Waals surface area contributed by atoms with Crippen LogP contribution < -0.4 is 4.72 Å². The normalized spacial score (nSPS) is 11.3. The van der Waals surface area contributed by atoms with Crippen LogP contribution in [0, 0.1) is 5.82 Å². The first-order chi connectivity index (χ1) is 10.9. The van der Waals surface area contributed by atoms with Crippen molar-refractivity contribution in [3.05, 3.63) is 42.2 Å². The largest absolute Gasteiger partial charge is 0.339 e. The van der Waals surface area contributed by atoms with Gasteiger partial charge in [-0.25, -0.2) is 17.5 Å². The van der Waals surface area contributed by atoms with E-state index in [1.165, 1.54) is 12.1 Å². The summed E-state index contributed by atoms with van der Waals surface area (Å²) in [5.74, 6) is -1.19. The van der Waals surface area contributed by atoms with Crippen LogP contribution in [-0.4, -0.2) is 38.9 Å². The first-order valence-electron chi connectivity index (χ1n) is 7.56. The van der Waals surface area contributed by atoms with E-state index in [0.29, 0.717) is 13.1 Å². The van der Waals surface area contributed by atoms with E-state index < -0.39 is 20.7 Å². The van der Waals surface area contributed by atoms with Crippen LogP contribution >= 0.6 is 0 Å². The molecule has 0 saturated heterocycles. The molecule has 1 N–H and O–H groups in total. The Morgan fingerprint density at radius 2 is 1.91 bits per heavy atom. The minimum atomic E-state index is -4.03. The second-order valence-corrected chi connectivity index (χ2v) is 6.81. The fourth-order valence-electron chi connectivity index (χ4n) is 2.13. The lowest BCUT2D eigenvalue weighted by molar-refractivity contribution is 0.0755. The number of nitrogens with zero attached hydrogens (tertiary/aromatic N) is 1. The zero-order chi connectivity index (χ0) is 17.5. The second kappa shape index (κ2) is 8.79. The quantitative estimate of drug-likeness (QED) is 0.701. The molecule has 0 atom stereocenters. The minimum Gasteiger partial charge on any atom is -0.339 e. The van der Waals surface area contributed by atoms with E-state index in [9.17, 15) is 17.6 Å². The first-order valence-corrected chi connectivity index (χ1v) is 9.05. The molecule has 0 unspecified atom stereocenters. The van der Waals surface area contributed by atoms with Gasteiger partial charge >= 0.3 is 0 Å². The van der Waals surface area contributed by atoms with Gasteiger partial charge in [0.1, 0.15) is 10.7 Å². The van der Waals surface area contributed by atoms with Crippen molar-refractivity contribution in [3.8, 4) is 0 Å². The standard InChI is InChI=1S/C16H23FN2O3S/c1-4-9-18-23(21,22)15-12-13(7-8-14(15)17)16(20)19(10-5-2)11-6-3/h4,7-8,12,18H,1,5-6,9-11H2,2-3H3. The molecule has 1 rings (SSSR count). The van der Waals surface area contributed by atoms with Crippen molar-refractivity contribution in [2.75, 3.05) is 19.6 Å². The Morgan fingerprint density at radius 1 is 1.30 bits per heavy atom. The van der Waals surface area contributed by atoms with Gasteiger partial charge in [0.15, 0.2) is 0 Å². The summed E-state index contributed by atoms with van der Waals surface area (Å²) in [5.41, 5.74) is 0.160. The molecule has 1 aromatic carbocycles. The predicted molar refractivity (Wildman–Crippen MR) is 88.3 cm³/mol. The Hall–Kier alpha value is -1.73. The van der Waals surface area contributed by atoms with E-state index in [1.807, 2.05) is 13.8 Å². The lowest BCUT2D eigenvalue weighted by atomic mass is 10.2. The van der Waals surface area contributed by atoms with Crippen LogP contribution in [0.15, 0.2) is 35.7 Å². The minimum absolute atomic E-state index is 0.0161. The number of hydrogen-bond acceptors (Lipinski definition) is 3. The fourth-order valence-corrected chi connectivity index (χ4v) is 3.23. The topological polar surface area (TPSA) is 66.5 Å². The van der Waals surface area contributed by atoms with Gasteiger partial charge in [-0.05, 0) is 31.0 Å². The third-order valence-corrected chi connectivity index (χ3v) is 4.60. The number of rotatable bonds is 9. The van der Waals surface area contributed by atoms with Crippen molar-refractivity contribution in [1.82, 2.24) is 9.62 Å². The smallest absolute Gasteiger partial charge is 0.253 e. The van der Waals surface area contributed by atoms with Crippen molar-refractivity contribution in [2.45, 2.75) is 31.6 Å². The lowest BCUT2D eigenvalue weighted by Crippen LogP contribution is -2.33. The molecule has 23 heavy (non-hydrogen) atoms. The van der Waals surface area contributed by atoms with Gasteiger partial charge in [0.25, 0.3) is 5.91 Å². The van der Waals surface area contributed by atoms with Crippen LogP contribution in [0.1, 0.15) is 37.0 Å². The summed E-state index contributed by atoms with van der Waals surface area (Å²) in [6.45, 7) is 8.44. The van der Waals surface area contributed by atoms with E-state index in [4.69, 9.17) is 0 Å². The molecule has 0 saturated carbocycles. The molecule has 7 heteroatoms. The molecule has 0 radical (unpaired) electrons. The third kappa shape index (κ3) is 5.14. The Bertz CT molecular complexity index is 653. The average Bonchev–Trinajstić information content (AvgIpc) is 2.52. The molecular formula is C16H23FN2O3S. The Kier molecular flexibility index (Phi) is 7.38. The zero-order valence-corrected chi connectivity index (χ0v) is 14.3. The summed E-state index contributed by atoms with van der Waals surface area (Å²) < 4.78 is 40.3. The molecule has 1 aromatic rings. The number of halogens is 1. The second-order valence-electron chi connectivity index (χ2n) is 5.08. The maximum absolute atomic E-state index is 13.9. The van der Waals surface area contributed by atoms with E-state index in [2.05, 4.69) is 11.3 Å². The summed E-state index contributed by atoms with van der Waals surface area (Å²) in [6, 6.07) is 3.40. The number of nitrogens with one attached hydrogen (secondary N) is 1. The number of carbonyl (C=O) groups excluding carboxylic acids is 1. The number of carbonyl (C=O) groups is 1. The number of benzene rings is 1. The highest BCUT2D eigenvalue weighted by molar-refractivity contribution is 7.89. The van der Waals surface area contributed by atoms with Gasteiger partial charge in [-0.3, -0.25) is 4.79 Å². The van der Waals surface area contributed by atoms with Crippen LogP contribution in [0.4, 0.5) is 4.39 Å². The third-order valence-electron chi connectivity index (χ3n) is 3.16. The lowest BCUT2D eigenvalue weighted by Gasteiger charge is -2.21. The monoisotopic (exact) mass is 342 g/mol. The first kappa shape index (κ1) is 19.3. The molecule has 0 heterocycles. The average molecular weight is 342 g/mol. The Labute approximate surface area is 137 Å². The molecule has 5 nitrogen and oxygen atoms in total. The zero-order valence-electron chi connectivity index (χ0n) is 13.5. The van der Waals surface area contributed by atoms with Crippen molar-refractivity contribution >= 4 is 15.9 Å². The molecule has 0 aliphatic rings. The molecule has 0 aliphatic heterocycles. The number of hydrogen-bond donors (Lipinski definition) is 1. The molecular weight excluding hydrogens is 319 g/mol. The van der Waals surface area contributed by atoms with E-state index in [1.54, 1.807) is 4.90 Å². The van der Waals surface area contributed by atoms with Gasteiger partial charge in [-0.1, -0.05) is 19.9 Å². The Balaban J connectivity index is 3.18. The van der Waals surface area contributed by atoms with E-state index in [-0.39, 0.29) is 18.0 Å². The predicted octanol–water partition coefficient (Wildman–Crippen LogP) is 2.55. The molecule has 128 valence electrons. The fraction of sp³-hybridized carbons (Fsp3) is 0.438. The molecule has 1 amide bonds. The SMILES string of the molecule is C=CCNS(=O)(=O)c1cc(C(=O)N(CCC)CCC)ccc1F. The highest BCUT2D eigenvalue weighted by atomic mass is 32.2. The molecule has 0 bridgehead atoms. The highest BCUT2D eigenvalue weighted by Gasteiger charge is 2.22. The van der Waals surface area contributed by atoms with Gasteiger partial charge in [-0.2, -0.15) is 0 Å². The van der Waals surface area contributed by atoms with Crippen molar-refractivity contribution < 1.29 is 17.6 Å². The van der Waals surface area contributed by atoms with Crippen LogP contribution in [-0.2, 0) is 10.0 Å². The maximum Gasteiger partial charge on any atom is 0.253 e. The molecule has 0 aromatic heterocycles. The summed E-state index contributed by atoms with van der Waals surface area (Å²) in [7, 11) is -4.03. The van der Waals surface area contributed by atoms with Crippen molar-refractivity contribution in [1.29, 1.82) is 0 Å². The molecule has 0 aliphatic carbocycles. The van der Waals surface area contributed by atoms with E-state index in [0.717, 1.165) is 25.0 Å². The van der Waals surface area contributed by atoms with E-state index >= 15 is 0 Å². The van der Waals surface area contributed by atoms with Crippen molar-refractivity contribution in [2.24, 2.45) is 0 Å². The van der Waals surface area contributed by atoms with Crippen LogP contribution in [0.2, 0.25) is 0 Å². The summed E-state index contributed by atoms with van der Waals surface area (Å²) in [6.07, 6.45) is 2.94. The summed E-state index contributed by atoms with van der Waals surface area (Å²) >= 11 is 0. The van der Waals surface area contributed by atoms with Gasteiger partial charge in [0, 0.05) is 25.2 Å². The highest BCUT2D eigenvalue weighted by Crippen LogP contribution is 2.18. The van der Waals surface area contributed by atoms with Crippen molar-refractivity contribution in [3.63, 3.8) is 0 Å². The van der Waals surface area contributed by atoms with Crippen LogP contribution in [0.25, 0.3) is 0 Å². The van der Waals surface area contributed by atoms with Crippen LogP contribution in [0.3, 0.4) is 0 Å². The number of sulfonamides is 1. The van der Waals surface area contributed by atoms with Crippen LogP contribution in [0.5, 0.6) is 0 Å². The molecule has 0 fully saturated rings. The molecule has 0 spiro atoms. The maximum atomic E-state index is 13.9. The van der Waals surface area contributed by atoms with Gasteiger partial charge in [0.05, 0.1) is 0 Å². The summed E-state index contributed by atoms with van der Waals surface area (Å²) in [5, 5.41) is 0.